The molecule has 1 rings (SSSR count). The van der Waals surface area contributed by atoms with Crippen LogP contribution in [0.25, 0.3) is 0 Å². The minimum Gasteiger partial charge on any atom is -0.457 e. The Hall–Kier alpha value is -0.960. The molecule has 2 nitrogen and oxygen atoms in total. The van der Waals surface area contributed by atoms with Crippen LogP contribution in [-0.4, -0.2) is 18.2 Å². The predicted molar refractivity (Wildman–Crippen MR) is 55.0 cm³/mol. The van der Waals surface area contributed by atoms with E-state index in [-0.39, 0.29) is 5.30 Å². The lowest BCUT2D eigenvalue weighted by atomic mass is 10.2. The van der Waals surface area contributed by atoms with Crippen LogP contribution < -0.4 is 0 Å². The molecule has 0 heterocycles. The van der Waals surface area contributed by atoms with Crippen LogP contribution in [-0.2, 0) is 11.2 Å². The van der Waals surface area contributed by atoms with Gasteiger partial charge in [-0.05, 0) is 23.6 Å². The second kappa shape index (κ2) is 5.65. The van der Waals surface area contributed by atoms with Crippen molar-refractivity contribution in [3.8, 4) is 0 Å². The predicted octanol–water partition coefficient (Wildman–Crippen LogP) is 2.73. The fourth-order valence-corrected chi connectivity index (χ4v) is 1.16. The summed E-state index contributed by atoms with van der Waals surface area (Å²) in [6.45, 7) is 0.462. The molecule has 0 spiro atoms. The van der Waals surface area contributed by atoms with Crippen LogP contribution in [0.1, 0.15) is 5.56 Å². The zero-order valence-corrected chi connectivity index (χ0v) is 8.34. The topological polar surface area (TPSA) is 26.3 Å². The van der Waals surface area contributed by atoms with E-state index in [1.807, 2.05) is 30.3 Å². The molecule has 0 N–H and O–H groups in total. The molecule has 0 saturated heterocycles. The Morgan fingerprint density at radius 3 is 2.69 bits per heavy atom. The summed E-state index contributed by atoms with van der Waals surface area (Å²) in [5.74, 6) is 0. The molecule has 0 aliphatic rings. The lowest BCUT2D eigenvalue weighted by Crippen LogP contribution is -2.01. The molecule has 70 valence electrons. The van der Waals surface area contributed by atoms with Gasteiger partial charge in [0.25, 0.3) is 0 Å². The van der Waals surface area contributed by atoms with Crippen molar-refractivity contribution in [2.75, 3.05) is 12.9 Å². The molecule has 0 aliphatic carbocycles. The minimum absolute atomic E-state index is 0.212. The third-order valence-electron chi connectivity index (χ3n) is 1.62. The molecule has 0 unspecified atom stereocenters. The van der Waals surface area contributed by atoms with E-state index in [1.54, 1.807) is 6.26 Å². The molecule has 0 amide bonds. The van der Waals surface area contributed by atoms with Crippen molar-refractivity contribution in [2.24, 2.45) is 0 Å². The van der Waals surface area contributed by atoms with Crippen molar-refractivity contribution in [2.45, 2.75) is 6.42 Å². The maximum atomic E-state index is 10.7. The monoisotopic (exact) mass is 196 g/mol. The first-order valence-corrected chi connectivity index (χ1v) is 5.30. The molecule has 3 heteroatoms. The highest BCUT2D eigenvalue weighted by molar-refractivity contribution is 8.12. The van der Waals surface area contributed by atoms with E-state index in [2.05, 4.69) is 0 Å². The van der Waals surface area contributed by atoms with Gasteiger partial charge in [-0.25, -0.2) is 4.79 Å². The molecule has 0 bridgehead atoms. The third-order valence-corrected chi connectivity index (χ3v) is 2.07. The highest BCUT2D eigenvalue weighted by Crippen LogP contribution is 2.02. The zero-order chi connectivity index (χ0) is 9.52. The highest BCUT2D eigenvalue weighted by Gasteiger charge is 1.98. The molecule has 13 heavy (non-hydrogen) atoms. The van der Waals surface area contributed by atoms with E-state index in [0.717, 1.165) is 18.2 Å². The summed E-state index contributed by atoms with van der Waals surface area (Å²) in [4.78, 5) is 10.7. The molecule has 0 fully saturated rings. The van der Waals surface area contributed by atoms with Crippen molar-refractivity contribution < 1.29 is 9.53 Å². The first kappa shape index (κ1) is 10.1. The van der Waals surface area contributed by atoms with Crippen molar-refractivity contribution >= 4 is 17.1 Å². The summed E-state index contributed by atoms with van der Waals surface area (Å²) < 4.78 is 4.92. The van der Waals surface area contributed by atoms with Crippen molar-refractivity contribution in [3.63, 3.8) is 0 Å². The second-order valence-electron chi connectivity index (χ2n) is 2.54. The van der Waals surface area contributed by atoms with Gasteiger partial charge in [0, 0.05) is 6.42 Å². The van der Waals surface area contributed by atoms with Crippen LogP contribution in [0.5, 0.6) is 0 Å². The average molecular weight is 196 g/mol. The number of hydrogen-bond acceptors (Lipinski definition) is 3. The summed E-state index contributed by atoms with van der Waals surface area (Å²) in [5.41, 5.74) is 1.19. The summed E-state index contributed by atoms with van der Waals surface area (Å²) in [5, 5.41) is -0.212. The van der Waals surface area contributed by atoms with Gasteiger partial charge in [0.2, 0.25) is 0 Å². The fourth-order valence-electron chi connectivity index (χ4n) is 0.956. The Labute approximate surface area is 82.3 Å². The van der Waals surface area contributed by atoms with Crippen molar-refractivity contribution in [1.82, 2.24) is 0 Å². The standard InChI is InChI=1S/C10H12O2S/c1-13-10(11)12-8-7-9-5-3-2-4-6-9/h2-6H,7-8H2,1H3. The van der Waals surface area contributed by atoms with Gasteiger partial charge in [-0.15, -0.1) is 0 Å². The molecule has 1 aromatic carbocycles. The number of thioether (sulfide) groups is 1. The molecular formula is C10H12O2S. The summed E-state index contributed by atoms with van der Waals surface area (Å²) >= 11 is 1.10. The van der Waals surface area contributed by atoms with E-state index in [9.17, 15) is 4.79 Å². The van der Waals surface area contributed by atoms with Crippen LogP contribution in [0.2, 0.25) is 0 Å². The van der Waals surface area contributed by atoms with Crippen LogP contribution in [0.3, 0.4) is 0 Å². The average Bonchev–Trinajstić information content (AvgIpc) is 2.19. The van der Waals surface area contributed by atoms with Gasteiger partial charge in [0.15, 0.2) is 0 Å². The summed E-state index contributed by atoms with van der Waals surface area (Å²) in [6, 6.07) is 9.97. The molecule has 0 radical (unpaired) electrons. The molecule has 1 aromatic rings. The summed E-state index contributed by atoms with van der Waals surface area (Å²) in [6.07, 6.45) is 2.50. The molecule has 0 aliphatic heterocycles. The minimum atomic E-state index is -0.212. The van der Waals surface area contributed by atoms with Crippen LogP contribution in [0.15, 0.2) is 30.3 Å². The number of carbonyl (C=O) groups is 1. The normalized spacial score (nSPS) is 9.62. The first-order chi connectivity index (χ1) is 6.33. The van der Waals surface area contributed by atoms with Gasteiger partial charge in [0.05, 0.1) is 6.61 Å². The molecule has 0 atom stereocenters. The van der Waals surface area contributed by atoms with Gasteiger partial charge >= 0.3 is 5.30 Å². The van der Waals surface area contributed by atoms with E-state index in [4.69, 9.17) is 4.74 Å². The Bertz CT molecular complexity index is 259. The first-order valence-electron chi connectivity index (χ1n) is 4.07. The van der Waals surface area contributed by atoms with Crippen molar-refractivity contribution in [3.05, 3.63) is 35.9 Å². The Morgan fingerprint density at radius 1 is 1.38 bits per heavy atom. The Kier molecular flexibility index (Phi) is 4.40. The lowest BCUT2D eigenvalue weighted by Gasteiger charge is -2.01. The number of carbonyl (C=O) groups excluding carboxylic acids is 1. The smallest absolute Gasteiger partial charge is 0.367 e. The Morgan fingerprint density at radius 2 is 2.08 bits per heavy atom. The molecule has 0 saturated carbocycles. The summed E-state index contributed by atoms with van der Waals surface area (Å²) in [7, 11) is 0. The second-order valence-corrected chi connectivity index (χ2v) is 3.28. The quantitative estimate of drug-likeness (QED) is 0.695. The van der Waals surface area contributed by atoms with E-state index >= 15 is 0 Å². The van der Waals surface area contributed by atoms with Gasteiger partial charge < -0.3 is 4.74 Å². The molecular weight excluding hydrogens is 184 g/mol. The number of rotatable bonds is 3. The lowest BCUT2D eigenvalue weighted by molar-refractivity contribution is 0.176. The number of benzene rings is 1. The van der Waals surface area contributed by atoms with Crippen LogP contribution >= 0.6 is 11.8 Å². The van der Waals surface area contributed by atoms with Crippen LogP contribution in [0, 0.1) is 0 Å². The van der Waals surface area contributed by atoms with Crippen molar-refractivity contribution in [1.29, 1.82) is 0 Å². The van der Waals surface area contributed by atoms with Gasteiger partial charge in [-0.2, -0.15) is 0 Å². The highest BCUT2D eigenvalue weighted by atomic mass is 32.2. The maximum Gasteiger partial charge on any atom is 0.367 e. The SMILES string of the molecule is CSC(=O)OCCc1ccccc1. The number of hydrogen-bond donors (Lipinski definition) is 0. The largest absolute Gasteiger partial charge is 0.457 e. The fraction of sp³-hybridized carbons (Fsp3) is 0.300. The molecule has 0 aromatic heterocycles. The zero-order valence-electron chi connectivity index (χ0n) is 7.53. The van der Waals surface area contributed by atoms with E-state index in [1.165, 1.54) is 5.56 Å². The maximum absolute atomic E-state index is 10.7. The Balaban J connectivity index is 2.24. The number of ether oxygens (including phenoxy) is 1. The van der Waals surface area contributed by atoms with Crippen LogP contribution in [0.4, 0.5) is 4.79 Å². The van der Waals surface area contributed by atoms with E-state index < -0.39 is 0 Å². The van der Waals surface area contributed by atoms with E-state index in [0.29, 0.717) is 6.61 Å². The van der Waals surface area contributed by atoms with Gasteiger partial charge in [0.1, 0.15) is 0 Å². The van der Waals surface area contributed by atoms with Gasteiger partial charge in [-0.3, -0.25) is 0 Å². The third kappa shape index (κ3) is 3.99. The van der Waals surface area contributed by atoms with Gasteiger partial charge in [-0.1, -0.05) is 30.3 Å².